The van der Waals surface area contributed by atoms with E-state index in [0.29, 0.717) is 12.1 Å². The van der Waals surface area contributed by atoms with Gasteiger partial charge in [-0.2, -0.15) is 0 Å². The van der Waals surface area contributed by atoms with Crippen molar-refractivity contribution in [2.45, 2.75) is 19.5 Å². The van der Waals surface area contributed by atoms with Crippen LogP contribution in [0.3, 0.4) is 0 Å². The van der Waals surface area contributed by atoms with E-state index in [2.05, 4.69) is 23.7 Å². The molecule has 1 nitrogen and oxygen atoms in total. The fourth-order valence-corrected chi connectivity index (χ4v) is 2.30. The van der Waals surface area contributed by atoms with Gasteiger partial charge in [0, 0.05) is 23.0 Å². The molecule has 0 bridgehead atoms. The first-order valence-electron chi connectivity index (χ1n) is 5.27. The summed E-state index contributed by atoms with van der Waals surface area (Å²) < 4.78 is 13.3. The number of benzene rings is 1. The number of thiophene rings is 1. The van der Waals surface area contributed by atoms with E-state index >= 15 is 0 Å². The van der Waals surface area contributed by atoms with Crippen molar-refractivity contribution in [3.05, 3.63) is 58.0 Å². The minimum atomic E-state index is -0.145. The van der Waals surface area contributed by atoms with Crippen LogP contribution < -0.4 is 5.32 Å². The van der Waals surface area contributed by atoms with E-state index in [4.69, 9.17) is 0 Å². The summed E-state index contributed by atoms with van der Waals surface area (Å²) in [4.78, 5) is 1.27. The Balaban J connectivity index is 1.95. The third-order valence-electron chi connectivity index (χ3n) is 2.53. The van der Waals surface area contributed by atoms with Crippen LogP contribution >= 0.6 is 11.3 Å². The van der Waals surface area contributed by atoms with Crippen LogP contribution in [0.25, 0.3) is 0 Å². The van der Waals surface area contributed by atoms with Crippen LogP contribution in [0.1, 0.15) is 23.4 Å². The monoisotopic (exact) mass is 235 g/mol. The molecule has 1 atom stereocenters. The number of hydrogen-bond donors (Lipinski definition) is 1. The summed E-state index contributed by atoms with van der Waals surface area (Å²) in [6.07, 6.45) is 0. The molecule has 2 rings (SSSR count). The molecule has 1 heterocycles. The number of hydrogen-bond acceptors (Lipinski definition) is 2. The Morgan fingerprint density at radius 1 is 1.25 bits per heavy atom. The quantitative estimate of drug-likeness (QED) is 0.851. The van der Waals surface area contributed by atoms with Gasteiger partial charge < -0.3 is 5.32 Å². The molecule has 0 radical (unpaired) electrons. The normalized spacial score (nSPS) is 12.6. The van der Waals surface area contributed by atoms with Crippen molar-refractivity contribution in [2.24, 2.45) is 0 Å². The van der Waals surface area contributed by atoms with Crippen molar-refractivity contribution in [1.82, 2.24) is 5.32 Å². The van der Waals surface area contributed by atoms with E-state index in [-0.39, 0.29) is 11.9 Å². The predicted octanol–water partition coefficient (Wildman–Crippen LogP) is 3.74. The van der Waals surface area contributed by atoms with Crippen molar-refractivity contribution in [3.63, 3.8) is 0 Å². The maximum absolute atomic E-state index is 13.3. The van der Waals surface area contributed by atoms with E-state index in [1.165, 1.54) is 10.9 Å². The van der Waals surface area contributed by atoms with Gasteiger partial charge in [-0.1, -0.05) is 24.3 Å². The highest BCUT2D eigenvalue weighted by molar-refractivity contribution is 7.10. The molecular weight excluding hydrogens is 221 g/mol. The van der Waals surface area contributed by atoms with Crippen LogP contribution in [0.15, 0.2) is 41.8 Å². The summed E-state index contributed by atoms with van der Waals surface area (Å²) in [7, 11) is 0. The molecule has 0 fully saturated rings. The van der Waals surface area contributed by atoms with Gasteiger partial charge >= 0.3 is 0 Å². The van der Waals surface area contributed by atoms with Gasteiger partial charge in [-0.15, -0.1) is 11.3 Å². The van der Waals surface area contributed by atoms with Crippen LogP contribution in [0.4, 0.5) is 4.39 Å². The molecule has 3 heteroatoms. The van der Waals surface area contributed by atoms with Crippen LogP contribution in [-0.4, -0.2) is 0 Å². The van der Waals surface area contributed by atoms with Gasteiger partial charge in [0.1, 0.15) is 5.82 Å². The summed E-state index contributed by atoms with van der Waals surface area (Å²) in [5.74, 6) is -0.145. The van der Waals surface area contributed by atoms with Gasteiger partial charge in [0.05, 0.1) is 0 Å². The van der Waals surface area contributed by atoms with Gasteiger partial charge in [-0.05, 0) is 24.4 Å². The zero-order valence-electron chi connectivity index (χ0n) is 9.11. The molecule has 0 aliphatic rings. The standard InChI is InChI=1S/C13H14FNS/c1-10(13-7-4-8-16-13)15-9-11-5-2-3-6-12(11)14/h2-8,10,15H,9H2,1H3. The minimum absolute atomic E-state index is 0.145. The first-order chi connectivity index (χ1) is 7.77. The third kappa shape index (κ3) is 2.68. The Morgan fingerprint density at radius 2 is 2.06 bits per heavy atom. The molecule has 2 aromatic rings. The molecule has 0 saturated carbocycles. The zero-order valence-corrected chi connectivity index (χ0v) is 9.93. The molecule has 1 unspecified atom stereocenters. The summed E-state index contributed by atoms with van der Waals surface area (Å²) in [6.45, 7) is 2.65. The minimum Gasteiger partial charge on any atom is -0.305 e. The molecule has 16 heavy (non-hydrogen) atoms. The van der Waals surface area contributed by atoms with Crippen LogP contribution in [0.2, 0.25) is 0 Å². The van der Waals surface area contributed by atoms with Crippen molar-refractivity contribution in [3.8, 4) is 0 Å². The fourth-order valence-electron chi connectivity index (χ4n) is 1.54. The van der Waals surface area contributed by atoms with Gasteiger partial charge in [-0.25, -0.2) is 4.39 Å². The largest absolute Gasteiger partial charge is 0.305 e. The van der Waals surface area contributed by atoms with Crippen LogP contribution in [0.5, 0.6) is 0 Å². The summed E-state index contributed by atoms with van der Waals surface area (Å²) in [6, 6.07) is 11.2. The lowest BCUT2D eigenvalue weighted by Gasteiger charge is -2.12. The molecule has 1 N–H and O–H groups in total. The highest BCUT2D eigenvalue weighted by Crippen LogP contribution is 2.18. The lowest BCUT2D eigenvalue weighted by atomic mass is 10.2. The molecule has 84 valence electrons. The van der Waals surface area contributed by atoms with E-state index in [1.54, 1.807) is 17.4 Å². The first kappa shape index (κ1) is 11.3. The SMILES string of the molecule is CC(NCc1ccccc1F)c1cccs1. The Bertz CT molecular complexity index is 439. The smallest absolute Gasteiger partial charge is 0.127 e. The van der Waals surface area contributed by atoms with Gasteiger partial charge in [-0.3, -0.25) is 0 Å². The average molecular weight is 235 g/mol. The van der Waals surface area contributed by atoms with E-state index in [1.807, 2.05) is 18.2 Å². The summed E-state index contributed by atoms with van der Waals surface area (Å²) >= 11 is 1.71. The molecule has 0 aliphatic carbocycles. The Kier molecular flexibility index (Phi) is 3.70. The molecule has 1 aromatic carbocycles. The van der Waals surface area contributed by atoms with Crippen LogP contribution in [-0.2, 0) is 6.54 Å². The molecule has 0 spiro atoms. The third-order valence-corrected chi connectivity index (χ3v) is 3.58. The summed E-state index contributed by atoms with van der Waals surface area (Å²) in [5.41, 5.74) is 0.714. The van der Waals surface area contributed by atoms with Crippen molar-refractivity contribution in [1.29, 1.82) is 0 Å². The molecule has 1 aromatic heterocycles. The Hall–Kier alpha value is -1.19. The molecule has 0 amide bonds. The van der Waals surface area contributed by atoms with E-state index < -0.39 is 0 Å². The molecular formula is C13H14FNS. The number of nitrogens with one attached hydrogen (secondary N) is 1. The highest BCUT2D eigenvalue weighted by Gasteiger charge is 2.06. The summed E-state index contributed by atoms with van der Waals surface area (Å²) in [5, 5.41) is 5.36. The lowest BCUT2D eigenvalue weighted by molar-refractivity contribution is 0.549. The lowest BCUT2D eigenvalue weighted by Crippen LogP contribution is -2.17. The van der Waals surface area contributed by atoms with Crippen molar-refractivity contribution >= 4 is 11.3 Å². The average Bonchev–Trinajstić information content (AvgIpc) is 2.81. The van der Waals surface area contributed by atoms with E-state index in [0.717, 1.165) is 0 Å². The Labute approximate surface area is 98.9 Å². The van der Waals surface area contributed by atoms with E-state index in [9.17, 15) is 4.39 Å². The van der Waals surface area contributed by atoms with Crippen molar-refractivity contribution < 1.29 is 4.39 Å². The zero-order chi connectivity index (χ0) is 11.4. The molecule has 0 aliphatic heterocycles. The fraction of sp³-hybridized carbons (Fsp3) is 0.231. The topological polar surface area (TPSA) is 12.0 Å². The molecule has 0 saturated heterocycles. The second kappa shape index (κ2) is 5.23. The van der Waals surface area contributed by atoms with Gasteiger partial charge in [0.25, 0.3) is 0 Å². The van der Waals surface area contributed by atoms with Gasteiger partial charge in [0.15, 0.2) is 0 Å². The maximum Gasteiger partial charge on any atom is 0.127 e. The maximum atomic E-state index is 13.3. The second-order valence-corrected chi connectivity index (χ2v) is 4.69. The second-order valence-electron chi connectivity index (χ2n) is 3.71. The van der Waals surface area contributed by atoms with Crippen molar-refractivity contribution in [2.75, 3.05) is 0 Å². The predicted molar refractivity (Wildman–Crippen MR) is 66.0 cm³/mol. The number of halogens is 1. The van der Waals surface area contributed by atoms with Crippen LogP contribution in [0, 0.1) is 5.82 Å². The highest BCUT2D eigenvalue weighted by atomic mass is 32.1. The Morgan fingerprint density at radius 3 is 2.75 bits per heavy atom. The van der Waals surface area contributed by atoms with Gasteiger partial charge in [0.2, 0.25) is 0 Å². The number of rotatable bonds is 4. The first-order valence-corrected chi connectivity index (χ1v) is 6.15.